The number of halogens is 1. The first-order valence-corrected chi connectivity index (χ1v) is 12.2. The zero-order valence-electron chi connectivity index (χ0n) is 18.6. The van der Waals surface area contributed by atoms with Crippen LogP contribution in [0.1, 0.15) is 37.6 Å². The maximum absolute atomic E-state index is 13.4. The zero-order chi connectivity index (χ0) is 23.8. The fraction of sp³-hybridized carbons (Fsp3) is 0.524. The molecule has 176 valence electrons. The van der Waals surface area contributed by atoms with Crippen molar-refractivity contribution in [1.29, 1.82) is 0 Å². The van der Waals surface area contributed by atoms with Crippen molar-refractivity contribution in [3.05, 3.63) is 28.4 Å². The smallest absolute Gasteiger partial charge is 0.236 e. The average Bonchev–Trinajstić information content (AvgIpc) is 3.01. The predicted molar refractivity (Wildman–Crippen MR) is 119 cm³/mol. The highest BCUT2D eigenvalue weighted by atomic mass is 35.5. The quantitative estimate of drug-likeness (QED) is 0.536. The number of carbonyl (C=O) groups is 2. The Labute approximate surface area is 192 Å². The number of ketones is 2. The summed E-state index contributed by atoms with van der Waals surface area (Å²) in [6.45, 7) is 5.32. The van der Waals surface area contributed by atoms with E-state index >= 15 is 0 Å². The third kappa shape index (κ3) is 4.18. The zero-order valence-corrected chi connectivity index (χ0v) is 20.1. The summed E-state index contributed by atoms with van der Waals surface area (Å²) < 4.78 is 43.0. The maximum Gasteiger partial charge on any atom is 0.236 e. The highest BCUT2D eigenvalue weighted by Crippen LogP contribution is 2.52. The van der Waals surface area contributed by atoms with Gasteiger partial charge in [-0.2, -0.15) is 0 Å². The maximum atomic E-state index is 13.4. The topological polar surface area (TPSA) is 120 Å². The van der Waals surface area contributed by atoms with Crippen LogP contribution >= 0.6 is 11.6 Å². The monoisotopic (exact) mass is 486 g/mol. The van der Waals surface area contributed by atoms with Crippen LogP contribution in [-0.2, 0) is 14.8 Å². The third-order valence-electron chi connectivity index (χ3n) is 5.45. The van der Waals surface area contributed by atoms with Gasteiger partial charge in [-0.3, -0.25) is 9.59 Å². The van der Waals surface area contributed by atoms with E-state index in [1.165, 1.54) is 26.4 Å². The summed E-state index contributed by atoms with van der Waals surface area (Å²) in [4.78, 5) is 26.6. The SMILES string of the molecule is COc1cc(OC)c2c(c1Cl)O[C@@]1(C(=O)C=C(NCCS(=O)(=O)NC(C)C)C[C@H]1C)C2=O. The van der Waals surface area contributed by atoms with Crippen molar-refractivity contribution in [1.82, 2.24) is 10.0 Å². The number of allylic oxidation sites excluding steroid dienone is 1. The molecule has 1 aliphatic carbocycles. The summed E-state index contributed by atoms with van der Waals surface area (Å²) in [5.41, 5.74) is -1.12. The molecule has 1 aliphatic heterocycles. The molecule has 32 heavy (non-hydrogen) atoms. The molecule has 0 radical (unpaired) electrons. The van der Waals surface area contributed by atoms with Crippen LogP contribution in [0.3, 0.4) is 0 Å². The molecule has 0 fully saturated rings. The highest BCUT2D eigenvalue weighted by Gasteiger charge is 2.60. The Balaban J connectivity index is 1.85. The van der Waals surface area contributed by atoms with Gasteiger partial charge < -0.3 is 19.5 Å². The molecule has 0 unspecified atom stereocenters. The number of nitrogens with one attached hydrogen (secondary N) is 2. The first-order valence-electron chi connectivity index (χ1n) is 10.1. The number of carbonyl (C=O) groups excluding carboxylic acids is 2. The lowest BCUT2D eigenvalue weighted by atomic mass is 9.74. The van der Waals surface area contributed by atoms with Crippen LogP contribution in [0.15, 0.2) is 17.8 Å². The minimum absolute atomic E-state index is 0.0590. The lowest BCUT2D eigenvalue weighted by Gasteiger charge is -2.35. The van der Waals surface area contributed by atoms with Crippen molar-refractivity contribution < 1.29 is 32.2 Å². The molecule has 1 spiro atoms. The van der Waals surface area contributed by atoms with Gasteiger partial charge in [0.25, 0.3) is 0 Å². The van der Waals surface area contributed by atoms with Crippen molar-refractivity contribution in [3.8, 4) is 17.2 Å². The molecule has 0 bridgehead atoms. The van der Waals surface area contributed by atoms with Crippen molar-refractivity contribution in [2.24, 2.45) is 5.92 Å². The van der Waals surface area contributed by atoms with Crippen molar-refractivity contribution in [2.75, 3.05) is 26.5 Å². The van der Waals surface area contributed by atoms with Crippen LogP contribution in [0.5, 0.6) is 17.2 Å². The number of hydrogen-bond donors (Lipinski definition) is 2. The van der Waals surface area contributed by atoms with Gasteiger partial charge in [-0.15, -0.1) is 0 Å². The van der Waals surface area contributed by atoms with Gasteiger partial charge in [0, 0.05) is 36.3 Å². The molecule has 0 saturated carbocycles. The molecule has 2 aliphatic rings. The van der Waals surface area contributed by atoms with E-state index in [2.05, 4.69) is 10.0 Å². The Hall–Kier alpha value is -2.30. The number of benzene rings is 1. The van der Waals surface area contributed by atoms with Crippen molar-refractivity contribution in [2.45, 2.75) is 38.8 Å². The Morgan fingerprint density at radius 1 is 1.25 bits per heavy atom. The highest BCUT2D eigenvalue weighted by molar-refractivity contribution is 7.89. The van der Waals surface area contributed by atoms with E-state index in [0.717, 1.165) is 0 Å². The predicted octanol–water partition coefficient (Wildman–Crippen LogP) is 2.08. The second kappa shape index (κ2) is 8.92. The first kappa shape index (κ1) is 24.3. The van der Waals surface area contributed by atoms with Crippen LogP contribution in [0, 0.1) is 5.92 Å². The molecular formula is C21H27ClN2O7S. The van der Waals surface area contributed by atoms with Gasteiger partial charge in [0.15, 0.2) is 5.75 Å². The summed E-state index contributed by atoms with van der Waals surface area (Å²) >= 11 is 6.36. The van der Waals surface area contributed by atoms with Gasteiger partial charge in [0.2, 0.25) is 27.2 Å². The molecular weight excluding hydrogens is 460 g/mol. The van der Waals surface area contributed by atoms with Crippen LogP contribution in [0.25, 0.3) is 0 Å². The summed E-state index contributed by atoms with van der Waals surface area (Å²) in [6, 6.07) is 1.28. The minimum Gasteiger partial charge on any atom is -0.496 e. The number of hydrogen-bond acceptors (Lipinski definition) is 8. The van der Waals surface area contributed by atoms with Crippen molar-refractivity contribution >= 4 is 33.2 Å². The Kier molecular flexibility index (Phi) is 6.78. The molecule has 1 heterocycles. The summed E-state index contributed by atoms with van der Waals surface area (Å²) in [5, 5.41) is 3.08. The lowest BCUT2D eigenvalue weighted by Crippen LogP contribution is -2.55. The molecule has 0 aromatic heterocycles. The van der Waals surface area contributed by atoms with E-state index in [-0.39, 0.29) is 46.2 Å². The normalized spacial score (nSPS) is 22.6. The first-order chi connectivity index (χ1) is 15.0. The number of fused-ring (bicyclic) bond motifs is 1. The van der Waals surface area contributed by atoms with Crippen LogP contribution in [0.2, 0.25) is 5.02 Å². The second-order valence-corrected chi connectivity index (χ2v) is 10.4. The number of ether oxygens (including phenoxy) is 3. The van der Waals surface area contributed by atoms with Gasteiger partial charge >= 0.3 is 0 Å². The molecule has 3 rings (SSSR count). The average molecular weight is 487 g/mol. The molecule has 9 nitrogen and oxygen atoms in total. The molecule has 11 heteroatoms. The molecule has 2 N–H and O–H groups in total. The van der Waals surface area contributed by atoms with E-state index in [1.54, 1.807) is 20.8 Å². The summed E-state index contributed by atoms with van der Waals surface area (Å²) in [5.74, 6) is -1.23. The van der Waals surface area contributed by atoms with Crippen LogP contribution in [-0.4, -0.2) is 58.1 Å². The summed E-state index contributed by atoms with van der Waals surface area (Å²) in [7, 11) is -0.616. The van der Waals surface area contributed by atoms with E-state index in [0.29, 0.717) is 12.1 Å². The van der Waals surface area contributed by atoms with Gasteiger partial charge in [-0.25, -0.2) is 13.1 Å². The number of methoxy groups -OCH3 is 2. The molecule has 1 aromatic rings. The fourth-order valence-corrected chi connectivity index (χ4v) is 5.49. The minimum atomic E-state index is -3.44. The molecule has 0 amide bonds. The number of rotatable bonds is 8. The Morgan fingerprint density at radius 3 is 2.47 bits per heavy atom. The molecule has 1 aromatic carbocycles. The second-order valence-electron chi connectivity index (χ2n) is 8.12. The number of sulfonamides is 1. The van der Waals surface area contributed by atoms with E-state index in [1.807, 2.05) is 0 Å². The largest absolute Gasteiger partial charge is 0.496 e. The van der Waals surface area contributed by atoms with Crippen LogP contribution in [0.4, 0.5) is 0 Å². The molecule has 0 saturated heterocycles. The summed E-state index contributed by atoms with van der Waals surface area (Å²) in [6.07, 6.45) is 1.60. The van der Waals surface area contributed by atoms with Crippen LogP contribution < -0.4 is 24.2 Å². The van der Waals surface area contributed by atoms with Gasteiger partial charge in [0.05, 0.1) is 20.0 Å². The third-order valence-corrected chi connectivity index (χ3v) is 7.38. The number of Topliss-reactive ketones (excluding diaryl/α,β-unsaturated/α-hetero) is 1. The Morgan fingerprint density at radius 2 is 1.91 bits per heavy atom. The molecule has 2 atom stereocenters. The van der Waals surface area contributed by atoms with E-state index < -0.39 is 33.1 Å². The van der Waals surface area contributed by atoms with E-state index in [9.17, 15) is 18.0 Å². The standard InChI is InChI=1S/C21H27ClN2O7S/c1-11(2)24-32(27,28)7-6-23-13-8-12(3)21(16(25)9-13)20(26)17-14(29-4)10-15(30-5)18(22)19(17)31-21/h9-12,23-24H,6-8H2,1-5H3/t12-,21+/m1/s1. The van der Waals surface area contributed by atoms with Gasteiger partial charge in [-0.1, -0.05) is 18.5 Å². The van der Waals surface area contributed by atoms with E-state index in [4.69, 9.17) is 25.8 Å². The van der Waals surface area contributed by atoms with Crippen molar-refractivity contribution in [3.63, 3.8) is 0 Å². The fourth-order valence-electron chi connectivity index (χ4n) is 4.02. The lowest BCUT2D eigenvalue weighted by molar-refractivity contribution is -0.129. The Bertz CT molecular complexity index is 1080. The van der Waals surface area contributed by atoms with Gasteiger partial charge in [0.1, 0.15) is 22.1 Å². The van der Waals surface area contributed by atoms with Gasteiger partial charge in [-0.05, 0) is 20.3 Å².